The van der Waals surface area contributed by atoms with Crippen LogP contribution in [-0.2, 0) is 9.84 Å². The number of ether oxygens (including phenoxy) is 1. The second-order valence-electron chi connectivity index (χ2n) is 5.88. The molecule has 25 heavy (non-hydrogen) atoms. The first kappa shape index (κ1) is 18.9. The van der Waals surface area contributed by atoms with E-state index in [9.17, 15) is 13.7 Å². The van der Waals surface area contributed by atoms with Crippen molar-refractivity contribution in [2.45, 2.75) is 31.7 Å². The lowest BCUT2D eigenvalue weighted by Crippen LogP contribution is -2.11. The first-order valence-electron chi connectivity index (χ1n) is 7.82. The highest BCUT2D eigenvalue weighted by Crippen LogP contribution is 2.40. The molecule has 2 rings (SSSR count). The summed E-state index contributed by atoms with van der Waals surface area (Å²) in [5, 5.41) is 9.64. The second-order valence-corrected chi connectivity index (χ2v) is 7.89. The summed E-state index contributed by atoms with van der Waals surface area (Å²) in [5.41, 5.74) is 9.03. The van der Waals surface area contributed by atoms with E-state index >= 15 is 0 Å². The molecule has 0 aliphatic carbocycles. The molecule has 0 radical (unpaired) electrons. The van der Waals surface area contributed by atoms with Gasteiger partial charge in [0, 0.05) is 41.4 Å². The van der Waals surface area contributed by atoms with Gasteiger partial charge in [0.15, 0.2) is 9.84 Å². The van der Waals surface area contributed by atoms with Crippen molar-refractivity contribution in [3.63, 3.8) is 0 Å². The number of nitrogens with two attached hydrogens (primary N) is 1. The predicted octanol–water partition coefficient (Wildman–Crippen LogP) is 2.75. The van der Waals surface area contributed by atoms with E-state index in [1.807, 2.05) is 26.8 Å². The van der Waals surface area contributed by atoms with Crippen LogP contribution in [0.2, 0.25) is 0 Å². The van der Waals surface area contributed by atoms with Crippen LogP contribution < -0.4 is 10.5 Å². The number of nitriles is 1. The van der Waals surface area contributed by atoms with E-state index < -0.39 is 9.84 Å². The molecule has 1 atom stereocenters. The number of sulfone groups is 1. The highest BCUT2D eigenvalue weighted by atomic mass is 32.2. The van der Waals surface area contributed by atoms with E-state index in [0.29, 0.717) is 29.0 Å². The van der Waals surface area contributed by atoms with Crippen molar-refractivity contribution in [3.05, 3.63) is 41.2 Å². The monoisotopic (exact) mass is 359 g/mol. The minimum atomic E-state index is -3.43. The van der Waals surface area contributed by atoms with Gasteiger partial charge in [-0.15, -0.1) is 0 Å². The summed E-state index contributed by atoms with van der Waals surface area (Å²) in [6, 6.07) is 5.22. The Balaban J connectivity index is 2.90. The maximum atomic E-state index is 11.9. The van der Waals surface area contributed by atoms with Gasteiger partial charge < -0.3 is 10.5 Å². The molecule has 0 saturated heterocycles. The third-order valence-corrected chi connectivity index (χ3v) is 4.91. The number of rotatable bonds is 5. The molecule has 0 aliphatic heterocycles. The summed E-state index contributed by atoms with van der Waals surface area (Å²) in [7, 11) is -3.43. The summed E-state index contributed by atoms with van der Waals surface area (Å²) in [4.78, 5) is 4.12. The topological polar surface area (TPSA) is 106 Å². The molecule has 0 aliphatic rings. The number of aryl methyl sites for hydroxylation is 1. The number of nitrogens with zero attached hydrogens (tertiary/aromatic N) is 2. The van der Waals surface area contributed by atoms with Gasteiger partial charge in [0.2, 0.25) is 0 Å². The molecule has 0 fully saturated rings. The fraction of sp³-hybridized carbons (Fsp3) is 0.333. The largest absolute Gasteiger partial charge is 0.493 e. The lowest BCUT2D eigenvalue weighted by molar-refractivity contribution is 0.336. The smallest absolute Gasteiger partial charge is 0.177 e. The molecule has 7 heteroatoms. The molecule has 1 aromatic heterocycles. The van der Waals surface area contributed by atoms with Crippen LogP contribution in [0.5, 0.6) is 5.75 Å². The molecule has 132 valence electrons. The van der Waals surface area contributed by atoms with Gasteiger partial charge in [-0.05, 0) is 38.5 Å². The minimum absolute atomic E-state index is 0.0835. The Morgan fingerprint density at radius 1 is 1.36 bits per heavy atom. The Kier molecular flexibility index (Phi) is 5.45. The van der Waals surface area contributed by atoms with Gasteiger partial charge in [-0.3, -0.25) is 4.98 Å². The van der Waals surface area contributed by atoms with Crippen LogP contribution in [0.25, 0.3) is 11.1 Å². The Morgan fingerprint density at radius 3 is 2.56 bits per heavy atom. The number of benzene rings is 1. The highest BCUT2D eigenvalue weighted by Gasteiger charge is 2.22. The maximum Gasteiger partial charge on any atom is 0.177 e. The van der Waals surface area contributed by atoms with Gasteiger partial charge in [0.05, 0.1) is 17.1 Å². The van der Waals surface area contributed by atoms with Crippen LogP contribution in [0, 0.1) is 18.3 Å². The summed E-state index contributed by atoms with van der Waals surface area (Å²) in [6.45, 7) is 5.88. The first-order valence-corrected chi connectivity index (χ1v) is 9.71. The summed E-state index contributed by atoms with van der Waals surface area (Å²) in [5.74, 6) is 0.493. The number of hydrogen-bond acceptors (Lipinski definition) is 6. The normalized spacial score (nSPS) is 12.5. The molecular formula is C18H21N3O3S. The molecule has 0 spiro atoms. The van der Waals surface area contributed by atoms with Gasteiger partial charge >= 0.3 is 0 Å². The molecular weight excluding hydrogens is 338 g/mol. The lowest BCUT2D eigenvalue weighted by atomic mass is 9.91. The highest BCUT2D eigenvalue weighted by molar-refractivity contribution is 7.90. The van der Waals surface area contributed by atoms with Crippen LogP contribution in [0.3, 0.4) is 0 Å². The van der Waals surface area contributed by atoms with Crippen molar-refractivity contribution >= 4 is 9.84 Å². The van der Waals surface area contributed by atoms with Crippen molar-refractivity contribution in [1.82, 2.24) is 4.98 Å². The first-order chi connectivity index (χ1) is 11.7. The van der Waals surface area contributed by atoms with Gasteiger partial charge in [-0.2, -0.15) is 5.26 Å². The van der Waals surface area contributed by atoms with Gasteiger partial charge in [0.25, 0.3) is 0 Å². The van der Waals surface area contributed by atoms with E-state index in [1.54, 1.807) is 0 Å². The van der Waals surface area contributed by atoms with Gasteiger partial charge in [0.1, 0.15) is 11.8 Å². The molecule has 0 amide bonds. The number of pyridine rings is 1. The molecule has 1 unspecified atom stereocenters. The van der Waals surface area contributed by atoms with E-state index in [0.717, 1.165) is 17.4 Å². The maximum absolute atomic E-state index is 11.9. The average molecular weight is 359 g/mol. The van der Waals surface area contributed by atoms with Crippen LogP contribution in [0.4, 0.5) is 0 Å². The van der Waals surface area contributed by atoms with E-state index in [-0.39, 0.29) is 10.9 Å². The summed E-state index contributed by atoms with van der Waals surface area (Å²) < 4.78 is 29.5. The van der Waals surface area contributed by atoms with Crippen molar-refractivity contribution in [2.75, 3.05) is 12.9 Å². The zero-order valence-electron chi connectivity index (χ0n) is 14.7. The van der Waals surface area contributed by atoms with Crippen LogP contribution in [0.15, 0.2) is 29.4 Å². The molecule has 1 heterocycles. The number of aromatic nitrogens is 1. The SMILES string of the molecule is CCOc1c(C(C)N)cc(C)c(C#N)c1-c1cncc(S(C)(=O)=O)c1. The van der Waals surface area contributed by atoms with E-state index in [2.05, 4.69) is 11.1 Å². The average Bonchev–Trinajstić information content (AvgIpc) is 2.55. The quantitative estimate of drug-likeness (QED) is 0.880. The fourth-order valence-electron chi connectivity index (χ4n) is 2.64. The summed E-state index contributed by atoms with van der Waals surface area (Å²) >= 11 is 0. The molecule has 2 N–H and O–H groups in total. The third kappa shape index (κ3) is 3.81. The van der Waals surface area contributed by atoms with Crippen molar-refractivity contribution in [1.29, 1.82) is 5.26 Å². The third-order valence-electron chi connectivity index (χ3n) is 3.83. The molecule has 0 saturated carbocycles. The van der Waals surface area contributed by atoms with Gasteiger partial charge in [-0.1, -0.05) is 0 Å². The van der Waals surface area contributed by atoms with Crippen molar-refractivity contribution in [3.8, 4) is 22.9 Å². The molecule has 1 aromatic carbocycles. The zero-order chi connectivity index (χ0) is 18.8. The standard InChI is InChI=1S/C18H21N3O3S/c1-5-24-18-15(12(3)20)6-11(2)16(8-19)17(18)13-7-14(10-21-9-13)25(4,22)23/h6-7,9-10,12H,5,20H2,1-4H3. The minimum Gasteiger partial charge on any atom is -0.493 e. The molecule has 0 bridgehead atoms. The predicted molar refractivity (Wildman–Crippen MR) is 96.0 cm³/mol. The Bertz CT molecular complexity index is 945. The van der Waals surface area contributed by atoms with Crippen LogP contribution in [0.1, 0.15) is 36.6 Å². The van der Waals surface area contributed by atoms with E-state index in [1.165, 1.54) is 18.5 Å². The Morgan fingerprint density at radius 2 is 2.04 bits per heavy atom. The Hall–Kier alpha value is -2.43. The van der Waals surface area contributed by atoms with Crippen LogP contribution in [-0.4, -0.2) is 26.3 Å². The molecule has 6 nitrogen and oxygen atoms in total. The second kappa shape index (κ2) is 7.21. The zero-order valence-corrected chi connectivity index (χ0v) is 15.5. The Labute approximate surface area is 148 Å². The van der Waals surface area contributed by atoms with Gasteiger partial charge in [-0.25, -0.2) is 8.42 Å². The molecule has 2 aromatic rings. The lowest BCUT2D eigenvalue weighted by Gasteiger charge is -2.20. The number of hydrogen-bond donors (Lipinski definition) is 1. The summed E-state index contributed by atoms with van der Waals surface area (Å²) in [6.07, 6.45) is 3.93. The van der Waals surface area contributed by atoms with Crippen molar-refractivity contribution < 1.29 is 13.2 Å². The van der Waals surface area contributed by atoms with Crippen molar-refractivity contribution in [2.24, 2.45) is 5.73 Å². The van der Waals surface area contributed by atoms with E-state index in [4.69, 9.17) is 10.5 Å². The fourth-order valence-corrected chi connectivity index (χ4v) is 3.24. The van der Waals surface area contributed by atoms with Crippen LogP contribution >= 0.6 is 0 Å².